The van der Waals surface area contributed by atoms with Crippen LogP contribution in [0.25, 0.3) is 5.65 Å². The normalized spacial score (nSPS) is 11.1. The molecule has 0 aliphatic heterocycles. The predicted octanol–water partition coefficient (Wildman–Crippen LogP) is 3.13. The van der Waals surface area contributed by atoms with Crippen molar-refractivity contribution in [3.05, 3.63) is 65.1 Å². The average molecular weight is 251 g/mol. The molecule has 2 aromatic heterocycles. The van der Waals surface area contributed by atoms with Crippen LogP contribution >= 0.6 is 0 Å². The molecule has 0 spiro atoms. The van der Waals surface area contributed by atoms with Gasteiger partial charge in [0.25, 0.3) is 0 Å². The Morgan fingerprint density at radius 1 is 1.00 bits per heavy atom. The van der Waals surface area contributed by atoms with Gasteiger partial charge in [0.1, 0.15) is 0 Å². The minimum atomic E-state index is 0.879. The van der Waals surface area contributed by atoms with Crippen LogP contribution in [0.3, 0.4) is 0 Å². The lowest BCUT2D eigenvalue weighted by Gasteiger charge is -1.99. The fourth-order valence-corrected chi connectivity index (χ4v) is 2.26. The van der Waals surface area contributed by atoms with Crippen molar-refractivity contribution in [3.8, 4) is 0 Å². The summed E-state index contributed by atoms with van der Waals surface area (Å²) >= 11 is 0. The second-order valence-electron chi connectivity index (χ2n) is 5.03. The smallest absolute Gasteiger partial charge is 0.155 e. The van der Waals surface area contributed by atoms with Gasteiger partial charge >= 0.3 is 0 Å². The monoisotopic (exact) mass is 251 g/mol. The molecule has 3 heteroatoms. The first-order chi connectivity index (χ1) is 9.20. The van der Waals surface area contributed by atoms with Gasteiger partial charge in [0.05, 0.1) is 0 Å². The van der Waals surface area contributed by atoms with Gasteiger partial charge in [-0.25, -0.2) is 9.50 Å². The van der Waals surface area contributed by atoms with Gasteiger partial charge in [0.2, 0.25) is 0 Å². The van der Waals surface area contributed by atoms with Gasteiger partial charge in [-0.1, -0.05) is 35.9 Å². The molecule has 0 bridgehead atoms. The number of hydrogen-bond donors (Lipinski definition) is 0. The number of aryl methyl sites for hydroxylation is 4. The summed E-state index contributed by atoms with van der Waals surface area (Å²) in [6.45, 7) is 4.18. The maximum absolute atomic E-state index is 4.54. The van der Waals surface area contributed by atoms with Gasteiger partial charge in [-0.3, -0.25) is 0 Å². The van der Waals surface area contributed by atoms with Crippen molar-refractivity contribution >= 4 is 5.65 Å². The van der Waals surface area contributed by atoms with Crippen molar-refractivity contribution in [2.75, 3.05) is 0 Å². The van der Waals surface area contributed by atoms with Gasteiger partial charge in [-0.05, 0) is 37.5 Å². The molecule has 19 heavy (non-hydrogen) atoms. The number of aromatic nitrogens is 3. The summed E-state index contributed by atoms with van der Waals surface area (Å²) in [5.41, 5.74) is 4.76. The summed E-state index contributed by atoms with van der Waals surface area (Å²) in [6, 6.07) is 12.7. The minimum Gasteiger partial charge on any atom is -0.221 e. The standard InChI is InChI=1S/C16H17N3/c1-12-4-3-5-14(10-12)7-8-15-17-16-9-6-13(2)11-19(16)18-15/h3-6,9-11H,7-8H2,1-2H3. The van der Waals surface area contributed by atoms with Crippen LogP contribution in [0, 0.1) is 13.8 Å². The number of benzene rings is 1. The summed E-state index contributed by atoms with van der Waals surface area (Å²) in [5.74, 6) is 0.909. The Kier molecular flexibility index (Phi) is 3.03. The number of nitrogens with zero attached hydrogens (tertiary/aromatic N) is 3. The summed E-state index contributed by atoms with van der Waals surface area (Å²) in [7, 11) is 0. The molecule has 3 nitrogen and oxygen atoms in total. The van der Waals surface area contributed by atoms with E-state index in [0.717, 1.165) is 24.3 Å². The van der Waals surface area contributed by atoms with Crippen molar-refractivity contribution in [2.24, 2.45) is 0 Å². The Bertz CT molecular complexity index is 713. The quantitative estimate of drug-likeness (QED) is 0.716. The van der Waals surface area contributed by atoms with E-state index in [2.05, 4.69) is 54.3 Å². The molecule has 0 N–H and O–H groups in total. The lowest BCUT2D eigenvalue weighted by molar-refractivity contribution is 0.834. The molecule has 3 aromatic rings. The molecule has 0 saturated heterocycles. The van der Waals surface area contributed by atoms with Gasteiger partial charge in [0, 0.05) is 12.6 Å². The Morgan fingerprint density at radius 3 is 2.74 bits per heavy atom. The third kappa shape index (κ3) is 2.65. The first kappa shape index (κ1) is 11.9. The summed E-state index contributed by atoms with van der Waals surface area (Å²) in [4.78, 5) is 4.54. The Morgan fingerprint density at radius 2 is 1.89 bits per heavy atom. The largest absolute Gasteiger partial charge is 0.221 e. The minimum absolute atomic E-state index is 0.879. The van der Waals surface area contributed by atoms with E-state index in [1.807, 2.05) is 16.8 Å². The average Bonchev–Trinajstić information content (AvgIpc) is 2.78. The zero-order valence-electron chi connectivity index (χ0n) is 11.3. The molecule has 0 unspecified atom stereocenters. The highest BCUT2D eigenvalue weighted by Crippen LogP contribution is 2.09. The summed E-state index contributed by atoms with van der Waals surface area (Å²) in [5, 5.41) is 4.52. The van der Waals surface area contributed by atoms with Crippen LogP contribution in [0.5, 0.6) is 0 Å². The van der Waals surface area contributed by atoms with Crippen molar-refractivity contribution in [1.29, 1.82) is 0 Å². The van der Waals surface area contributed by atoms with Crippen molar-refractivity contribution in [1.82, 2.24) is 14.6 Å². The van der Waals surface area contributed by atoms with Gasteiger partial charge in [0.15, 0.2) is 11.5 Å². The van der Waals surface area contributed by atoms with E-state index in [-0.39, 0.29) is 0 Å². The van der Waals surface area contributed by atoms with Crippen LogP contribution in [0.1, 0.15) is 22.5 Å². The SMILES string of the molecule is Cc1cccc(CCc2nc3ccc(C)cn3n2)c1. The number of rotatable bonds is 3. The molecule has 0 aliphatic carbocycles. The maximum atomic E-state index is 4.54. The van der Waals surface area contributed by atoms with Crippen LogP contribution < -0.4 is 0 Å². The maximum Gasteiger partial charge on any atom is 0.155 e. The van der Waals surface area contributed by atoms with Crippen LogP contribution in [0.2, 0.25) is 0 Å². The zero-order valence-corrected chi connectivity index (χ0v) is 11.3. The Labute approximate surface area is 112 Å². The van der Waals surface area contributed by atoms with E-state index in [1.165, 1.54) is 16.7 Å². The second-order valence-corrected chi connectivity index (χ2v) is 5.03. The molecule has 96 valence electrons. The molecule has 0 aliphatic rings. The van der Waals surface area contributed by atoms with Gasteiger partial charge < -0.3 is 0 Å². The molecule has 2 heterocycles. The fraction of sp³-hybridized carbons (Fsp3) is 0.250. The molecule has 0 saturated carbocycles. The zero-order chi connectivity index (χ0) is 13.2. The number of pyridine rings is 1. The third-order valence-electron chi connectivity index (χ3n) is 3.24. The molecule has 1 aromatic carbocycles. The first-order valence-corrected chi connectivity index (χ1v) is 6.58. The molecule has 3 rings (SSSR count). The van der Waals surface area contributed by atoms with Gasteiger partial charge in [-0.2, -0.15) is 5.10 Å². The van der Waals surface area contributed by atoms with Crippen molar-refractivity contribution in [3.63, 3.8) is 0 Å². The molecule has 0 fully saturated rings. The molecular weight excluding hydrogens is 234 g/mol. The lowest BCUT2D eigenvalue weighted by atomic mass is 10.1. The topological polar surface area (TPSA) is 30.2 Å². The molecule has 0 amide bonds. The Hall–Kier alpha value is -2.16. The van der Waals surface area contributed by atoms with Crippen LogP contribution in [0.4, 0.5) is 0 Å². The molecular formula is C16H17N3. The predicted molar refractivity (Wildman–Crippen MR) is 76.3 cm³/mol. The Balaban J connectivity index is 1.78. The highest BCUT2D eigenvalue weighted by atomic mass is 15.3. The fourth-order valence-electron chi connectivity index (χ4n) is 2.26. The van der Waals surface area contributed by atoms with E-state index in [9.17, 15) is 0 Å². The number of hydrogen-bond acceptors (Lipinski definition) is 2. The van der Waals surface area contributed by atoms with Gasteiger partial charge in [-0.15, -0.1) is 0 Å². The lowest BCUT2D eigenvalue weighted by Crippen LogP contribution is -1.95. The molecule has 0 atom stereocenters. The summed E-state index contributed by atoms with van der Waals surface area (Å²) < 4.78 is 1.86. The second kappa shape index (κ2) is 4.84. The first-order valence-electron chi connectivity index (χ1n) is 6.58. The van der Waals surface area contributed by atoms with Crippen LogP contribution in [-0.2, 0) is 12.8 Å². The van der Waals surface area contributed by atoms with E-state index in [1.54, 1.807) is 0 Å². The number of fused-ring (bicyclic) bond motifs is 1. The molecule has 0 radical (unpaired) electrons. The highest BCUT2D eigenvalue weighted by molar-refractivity contribution is 5.38. The van der Waals surface area contributed by atoms with E-state index in [4.69, 9.17) is 0 Å². The highest BCUT2D eigenvalue weighted by Gasteiger charge is 2.04. The summed E-state index contributed by atoms with van der Waals surface area (Å²) in [6.07, 6.45) is 3.88. The van der Waals surface area contributed by atoms with Crippen LogP contribution in [0.15, 0.2) is 42.6 Å². The third-order valence-corrected chi connectivity index (χ3v) is 3.24. The van der Waals surface area contributed by atoms with E-state index >= 15 is 0 Å². The van der Waals surface area contributed by atoms with Crippen molar-refractivity contribution < 1.29 is 0 Å². The van der Waals surface area contributed by atoms with Crippen molar-refractivity contribution in [2.45, 2.75) is 26.7 Å². The van der Waals surface area contributed by atoms with E-state index in [0.29, 0.717) is 0 Å². The van der Waals surface area contributed by atoms with E-state index < -0.39 is 0 Å². The van der Waals surface area contributed by atoms with Crippen LogP contribution in [-0.4, -0.2) is 14.6 Å².